The number of hydrogen-bond donors (Lipinski definition) is 2. The van der Waals surface area contributed by atoms with Crippen LogP contribution in [0.15, 0.2) is 34.1 Å². The van der Waals surface area contributed by atoms with E-state index in [1.165, 1.54) is 0 Å². The highest BCUT2D eigenvalue weighted by Gasteiger charge is 2.03. The number of nitrogens with one attached hydrogen (secondary N) is 1. The van der Waals surface area contributed by atoms with Crippen molar-refractivity contribution in [3.8, 4) is 11.3 Å². The van der Waals surface area contributed by atoms with Gasteiger partial charge in [0.15, 0.2) is 0 Å². The van der Waals surface area contributed by atoms with Crippen molar-refractivity contribution in [2.45, 2.75) is 6.54 Å². The Morgan fingerprint density at radius 2 is 2.07 bits per heavy atom. The summed E-state index contributed by atoms with van der Waals surface area (Å²) in [6, 6.07) is 8.10. The topological polar surface area (TPSA) is 50.9 Å². The van der Waals surface area contributed by atoms with E-state index in [-0.39, 0.29) is 0 Å². The summed E-state index contributed by atoms with van der Waals surface area (Å²) in [6.07, 6.45) is 0. The smallest absolute Gasteiger partial charge is 0.108 e. The Hall–Kier alpha value is -0.750. The number of hydrazine groups is 1. The van der Waals surface area contributed by atoms with Gasteiger partial charge in [0.2, 0.25) is 0 Å². The van der Waals surface area contributed by atoms with Crippen molar-refractivity contribution in [1.29, 1.82) is 0 Å². The molecule has 2 aromatic rings. The zero-order valence-electron chi connectivity index (χ0n) is 7.90. The van der Waals surface area contributed by atoms with Crippen molar-refractivity contribution < 1.29 is 0 Å². The van der Waals surface area contributed by atoms with Crippen molar-refractivity contribution in [2.24, 2.45) is 5.84 Å². The molecule has 0 saturated heterocycles. The van der Waals surface area contributed by atoms with Crippen molar-refractivity contribution in [1.82, 2.24) is 10.4 Å². The highest BCUT2D eigenvalue weighted by molar-refractivity contribution is 9.10. The third-order valence-electron chi connectivity index (χ3n) is 1.95. The van der Waals surface area contributed by atoms with Gasteiger partial charge < -0.3 is 0 Å². The predicted molar refractivity (Wildman–Crippen MR) is 66.3 cm³/mol. The van der Waals surface area contributed by atoms with E-state index in [0.717, 1.165) is 20.7 Å². The molecule has 78 valence electrons. The van der Waals surface area contributed by atoms with E-state index in [1.54, 1.807) is 11.3 Å². The van der Waals surface area contributed by atoms with Gasteiger partial charge in [-0.05, 0) is 12.1 Å². The Labute approximate surface area is 100 Å². The lowest BCUT2D eigenvalue weighted by molar-refractivity contribution is 0.737. The molecule has 0 aliphatic carbocycles. The second kappa shape index (κ2) is 4.85. The molecule has 15 heavy (non-hydrogen) atoms. The number of rotatable bonds is 3. The van der Waals surface area contributed by atoms with Gasteiger partial charge in [-0.3, -0.25) is 11.3 Å². The Bertz CT molecular complexity index is 438. The van der Waals surface area contributed by atoms with Crippen LogP contribution >= 0.6 is 27.3 Å². The number of nitrogens with two attached hydrogens (primary N) is 1. The van der Waals surface area contributed by atoms with Crippen molar-refractivity contribution >= 4 is 27.3 Å². The molecule has 0 aliphatic heterocycles. The number of halogens is 1. The molecule has 3 N–H and O–H groups in total. The van der Waals surface area contributed by atoms with Gasteiger partial charge in [0.1, 0.15) is 5.01 Å². The summed E-state index contributed by atoms with van der Waals surface area (Å²) in [4.78, 5) is 4.46. The standard InChI is InChI=1S/C10H10BrN3S/c11-8-3-1-7(2-4-8)9-6-15-10(14-9)5-13-12/h1-4,6,13H,5,12H2. The summed E-state index contributed by atoms with van der Waals surface area (Å²) in [5.74, 6) is 5.24. The first kappa shape index (κ1) is 10.8. The number of thiazole rings is 1. The van der Waals surface area contributed by atoms with Crippen molar-refractivity contribution in [3.63, 3.8) is 0 Å². The molecular formula is C10H10BrN3S. The molecular weight excluding hydrogens is 274 g/mol. The van der Waals surface area contributed by atoms with Crippen LogP contribution in [-0.4, -0.2) is 4.98 Å². The normalized spacial score (nSPS) is 10.5. The maximum absolute atomic E-state index is 5.24. The van der Waals surface area contributed by atoms with Gasteiger partial charge in [0.05, 0.1) is 12.2 Å². The van der Waals surface area contributed by atoms with E-state index in [0.29, 0.717) is 6.54 Å². The SMILES string of the molecule is NNCc1nc(-c2ccc(Br)cc2)cs1. The molecule has 1 heterocycles. The average molecular weight is 284 g/mol. The fourth-order valence-electron chi connectivity index (χ4n) is 1.23. The second-order valence-electron chi connectivity index (χ2n) is 3.01. The van der Waals surface area contributed by atoms with Crippen molar-refractivity contribution in [3.05, 3.63) is 39.1 Å². The van der Waals surface area contributed by atoms with E-state index >= 15 is 0 Å². The largest absolute Gasteiger partial charge is 0.271 e. The lowest BCUT2D eigenvalue weighted by Crippen LogP contribution is -2.20. The number of nitrogens with zero attached hydrogens (tertiary/aromatic N) is 1. The first-order chi connectivity index (χ1) is 7.29. The fourth-order valence-corrected chi connectivity index (χ4v) is 2.25. The third-order valence-corrected chi connectivity index (χ3v) is 3.32. The van der Waals surface area contributed by atoms with E-state index in [1.807, 2.05) is 29.6 Å². The zero-order chi connectivity index (χ0) is 10.7. The summed E-state index contributed by atoms with van der Waals surface area (Å²) in [5, 5.41) is 3.03. The van der Waals surface area contributed by atoms with Crippen molar-refractivity contribution in [2.75, 3.05) is 0 Å². The summed E-state index contributed by atoms with van der Waals surface area (Å²) in [5.41, 5.74) is 4.72. The highest BCUT2D eigenvalue weighted by Crippen LogP contribution is 2.23. The van der Waals surface area contributed by atoms with Crippen LogP contribution in [0.3, 0.4) is 0 Å². The van der Waals surface area contributed by atoms with Crippen LogP contribution in [0.5, 0.6) is 0 Å². The summed E-state index contributed by atoms with van der Waals surface area (Å²) in [7, 11) is 0. The molecule has 0 fully saturated rings. The van der Waals surface area contributed by atoms with Crippen LogP contribution in [-0.2, 0) is 6.54 Å². The number of benzene rings is 1. The van der Waals surface area contributed by atoms with Crippen LogP contribution in [0.2, 0.25) is 0 Å². The van der Waals surface area contributed by atoms with Crippen LogP contribution < -0.4 is 11.3 Å². The van der Waals surface area contributed by atoms with Gasteiger partial charge >= 0.3 is 0 Å². The Kier molecular flexibility index (Phi) is 3.48. The second-order valence-corrected chi connectivity index (χ2v) is 4.87. The molecule has 0 spiro atoms. The van der Waals surface area contributed by atoms with Gasteiger partial charge in [0.25, 0.3) is 0 Å². The van der Waals surface area contributed by atoms with Gasteiger partial charge in [0, 0.05) is 15.4 Å². The first-order valence-corrected chi connectivity index (χ1v) is 6.10. The van der Waals surface area contributed by atoms with Crippen LogP contribution in [0.25, 0.3) is 11.3 Å². The summed E-state index contributed by atoms with van der Waals surface area (Å²) >= 11 is 5.01. The minimum atomic E-state index is 0.612. The maximum Gasteiger partial charge on any atom is 0.108 e. The molecule has 1 aromatic heterocycles. The molecule has 0 saturated carbocycles. The molecule has 2 rings (SSSR count). The molecule has 5 heteroatoms. The van der Waals surface area contributed by atoms with Gasteiger partial charge in [-0.25, -0.2) is 4.98 Å². The van der Waals surface area contributed by atoms with Gasteiger partial charge in [-0.15, -0.1) is 11.3 Å². The lowest BCUT2D eigenvalue weighted by atomic mass is 10.2. The van der Waals surface area contributed by atoms with E-state index in [9.17, 15) is 0 Å². The van der Waals surface area contributed by atoms with E-state index in [2.05, 4.69) is 26.3 Å². The highest BCUT2D eigenvalue weighted by atomic mass is 79.9. The lowest BCUT2D eigenvalue weighted by Gasteiger charge is -1.96. The Morgan fingerprint density at radius 1 is 1.33 bits per heavy atom. The third kappa shape index (κ3) is 2.63. The molecule has 0 aliphatic rings. The van der Waals surface area contributed by atoms with Gasteiger partial charge in [-0.1, -0.05) is 28.1 Å². The Balaban J connectivity index is 2.25. The van der Waals surface area contributed by atoms with Crippen LogP contribution in [0.1, 0.15) is 5.01 Å². The maximum atomic E-state index is 5.24. The number of hydrogen-bond acceptors (Lipinski definition) is 4. The predicted octanol–water partition coefficient (Wildman–Crippen LogP) is 2.54. The number of aromatic nitrogens is 1. The van der Waals surface area contributed by atoms with Crippen LogP contribution in [0, 0.1) is 0 Å². The fraction of sp³-hybridized carbons (Fsp3) is 0.100. The first-order valence-electron chi connectivity index (χ1n) is 4.43. The molecule has 0 bridgehead atoms. The molecule has 3 nitrogen and oxygen atoms in total. The monoisotopic (exact) mass is 283 g/mol. The minimum Gasteiger partial charge on any atom is -0.271 e. The van der Waals surface area contributed by atoms with Gasteiger partial charge in [-0.2, -0.15) is 0 Å². The molecule has 0 atom stereocenters. The van der Waals surface area contributed by atoms with Crippen LogP contribution in [0.4, 0.5) is 0 Å². The van der Waals surface area contributed by atoms with E-state index in [4.69, 9.17) is 5.84 Å². The van der Waals surface area contributed by atoms with E-state index < -0.39 is 0 Å². The Morgan fingerprint density at radius 3 is 2.73 bits per heavy atom. The molecule has 1 aromatic carbocycles. The average Bonchev–Trinajstić information content (AvgIpc) is 2.68. The summed E-state index contributed by atoms with van der Waals surface area (Å²) in [6.45, 7) is 0.612. The molecule has 0 amide bonds. The summed E-state index contributed by atoms with van der Waals surface area (Å²) < 4.78 is 1.07. The molecule has 0 radical (unpaired) electrons. The quantitative estimate of drug-likeness (QED) is 0.672. The molecule has 0 unspecified atom stereocenters. The zero-order valence-corrected chi connectivity index (χ0v) is 10.3. The minimum absolute atomic E-state index is 0.612.